The first-order valence-corrected chi connectivity index (χ1v) is 5.45. The van der Waals surface area contributed by atoms with Crippen molar-refractivity contribution in [1.82, 2.24) is 10.5 Å². The van der Waals surface area contributed by atoms with E-state index in [0.717, 1.165) is 11.3 Å². The maximum absolute atomic E-state index is 11.8. The zero-order valence-corrected chi connectivity index (χ0v) is 10.4. The zero-order valence-electron chi connectivity index (χ0n) is 10.4. The number of methoxy groups -OCH3 is 1. The Morgan fingerprint density at radius 1 is 1.44 bits per heavy atom. The second kappa shape index (κ2) is 4.95. The molecule has 96 valence electrons. The van der Waals surface area contributed by atoms with Crippen LogP contribution in [0.1, 0.15) is 27.6 Å². The number of nitrogens with zero attached hydrogens (tertiary/aromatic N) is 1. The number of ether oxygens (including phenoxy) is 1. The normalized spacial score (nSPS) is 10.4. The highest BCUT2D eigenvalue weighted by atomic mass is 16.6. The van der Waals surface area contributed by atoms with Crippen molar-refractivity contribution in [2.24, 2.45) is 0 Å². The molecule has 2 aromatic heterocycles. The van der Waals surface area contributed by atoms with Crippen molar-refractivity contribution < 1.29 is 18.5 Å². The van der Waals surface area contributed by atoms with E-state index in [1.54, 1.807) is 19.1 Å². The lowest BCUT2D eigenvalue weighted by molar-refractivity contribution is 0.0917. The molecular formula is C12H14N2O4. The van der Waals surface area contributed by atoms with Crippen LogP contribution in [0.25, 0.3) is 0 Å². The molecule has 6 heteroatoms. The molecule has 2 aromatic rings. The third-order valence-electron chi connectivity index (χ3n) is 2.61. The number of aromatic nitrogens is 1. The summed E-state index contributed by atoms with van der Waals surface area (Å²) in [6, 6.07) is 3.15. The molecule has 0 bridgehead atoms. The number of aryl methyl sites for hydroxylation is 2. The number of hydrogen-bond donors (Lipinski definition) is 1. The van der Waals surface area contributed by atoms with Gasteiger partial charge in [0.05, 0.1) is 12.8 Å². The number of carbonyl (C=O) groups excluding carboxylic acids is 1. The number of furan rings is 1. The maximum atomic E-state index is 11.8. The molecule has 0 atom stereocenters. The highest BCUT2D eigenvalue weighted by molar-refractivity contribution is 5.91. The standard InChI is InChI=1S/C12H14N2O4/c1-7-9(8(2)18-14-7)6-13-12(15)10-4-5-11(16-3)17-10/h4-5H,6H2,1-3H3,(H,13,15). The summed E-state index contributed by atoms with van der Waals surface area (Å²) >= 11 is 0. The van der Waals surface area contributed by atoms with E-state index in [0.29, 0.717) is 18.3 Å². The van der Waals surface area contributed by atoms with Crippen LogP contribution in [0.5, 0.6) is 5.95 Å². The summed E-state index contributed by atoms with van der Waals surface area (Å²) in [6.45, 7) is 3.98. The molecular weight excluding hydrogens is 236 g/mol. The van der Waals surface area contributed by atoms with Crippen molar-refractivity contribution in [3.05, 3.63) is 34.9 Å². The molecule has 2 rings (SSSR count). The molecule has 18 heavy (non-hydrogen) atoms. The number of amides is 1. The number of carbonyl (C=O) groups is 1. The van der Waals surface area contributed by atoms with Gasteiger partial charge in [-0.2, -0.15) is 0 Å². The van der Waals surface area contributed by atoms with E-state index in [4.69, 9.17) is 13.7 Å². The Labute approximate surface area is 104 Å². The van der Waals surface area contributed by atoms with Crippen LogP contribution >= 0.6 is 0 Å². The number of rotatable bonds is 4. The summed E-state index contributed by atoms with van der Waals surface area (Å²) in [6.07, 6.45) is 0. The van der Waals surface area contributed by atoms with Crippen LogP contribution in [0.2, 0.25) is 0 Å². The van der Waals surface area contributed by atoms with E-state index in [1.807, 2.05) is 6.92 Å². The van der Waals surface area contributed by atoms with Gasteiger partial charge in [-0.1, -0.05) is 5.16 Å². The third kappa shape index (κ3) is 2.37. The van der Waals surface area contributed by atoms with Gasteiger partial charge < -0.3 is 19.0 Å². The van der Waals surface area contributed by atoms with Gasteiger partial charge in [-0.15, -0.1) is 0 Å². The van der Waals surface area contributed by atoms with E-state index in [-0.39, 0.29) is 11.7 Å². The summed E-state index contributed by atoms with van der Waals surface area (Å²) < 4.78 is 15.0. The molecule has 0 aliphatic carbocycles. The molecule has 0 spiro atoms. The zero-order chi connectivity index (χ0) is 13.1. The van der Waals surface area contributed by atoms with Crippen LogP contribution < -0.4 is 10.1 Å². The quantitative estimate of drug-likeness (QED) is 0.895. The van der Waals surface area contributed by atoms with Crippen molar-refractivity contribution in [3.63, 3.8) is 0 Å². The molecule has 0 saturated heterocycles. The second-order valence-electron chi connectivity index (χ2n) is 3.81. The molecule has 0 aliphatic rings. The van der Waals surface area contributed by atoms with Gasteiger partial charge in [0, 0.05) is 18.2 Å². The molecule has 0 fully saturated rings. The first-order valence-electron chi connectivity index (χ1n) is 5.45. The number of hydrogen-bond acceptors (Lipinski definition) is 5. The average Bonchev–Trinajstić information content (AvgIpc) is 2.95. The highest BCUT2D eigenvalue weighted by Crippen LogP contribution is 2.16. The minimum Gasteiger partial charge on any atom is -0.468 e. The lowest BCUT2D eigenvalue weighted by Crippen LogP contribution is -2.22. The van der Waals surface area contributed by atoms with Crippen molar-refractivity contribution in [2.75, 3.05) is 7.11 Å². The van der Waals surface area contributed by atoms with E-state index in [2.05, 4.69) is 10.5 Å². The predicted molar refractivity (Wildman–Crippen MR) is 62.4 cm³/mol. The molecule has 6 nitrogen and oxygen atoms in total. The summed E-state index contributed by atoms with van der Waals surface area (Å²) in [5.41, 5.74) is 1.65. The minimum atomic E-state index is -0.307. The molecule has 0 radical (unpaired) electrons. The molecule has 0 aliphatic heterocycles. The second-order valence-corrected chi connectivity index (χ2v) is 3.81. The van der Waals surface area contributed by atoms with Gasteiger partial charge >= 0.3 is 0 Å². The smallest absolute Gasteiger partial charge is 0.287 e. The summed E-state index contributed by atoms with van der Waals surface area (Å²) in [4.78, 5) is 11.8. The first kappa shape index (κ1) is 12.2. The Bertz CT molecular complexity index is 537. The van der Waals surface area contributed by atoms with E-state index in [9.17, 15) is 4.79 Å². The van der Waals surface area contributed by atoms with Crippen LogP contribution in [0.15, 0.2) is 21.1 Å². The Hall–Kier alpha value is -2.24. The van der Waals surface area contributed by atoms with Crippen molar-refractivity contribution in [3.8, 4) is 5.95 Å². The molecule has 1 N–H and O–H groups in total. The van der Waals surface area contributed by atoms with Crippen LogP contribution in [-0.2, 0) is 6.54 Å². The monoisotopic (exact) mass is 250 g/mol. The molecule has 1 amide bonds. The molecule has 2 heterocycles. The Balaban J connectivity index is 2.00. The van der Waals surface area contributed by atoms with Crippen molar-refractivity contribution in [1.29, 1.82) is 0 Å². The summed E-state index contributed by atoms with van der Waals surface area (Å²) in [5, 5.41) is 6.55. The minimum absolute atomic E-state index is 0.207. The Morgan fingerprint density at radius 3 is 2.78 bits per heavy atom. The van der Waals surface area contributed by atoms with Crippen LogP contribution in [0, 0.1) is 13.8 Å². The van der Waals surface area contributed by atoms with Gasteiger partial charge in [0.1, 0.15) is 5.76 Å². The van der Waals surface area contributed by atoms with E-state index in [1.165, 1.54) is 7.11 Å². The predicted octanol–water partition coefficient (Wildman–Crippen LogP) is 1.82. The number of nitrogens with one attached hydrogen (secondary N) is 1. The van der Waals surface area contributed by atoms with Crippen LogP contribution in [0.3, 0.4) is 0 Å². The SMILES string of the molecule is COc1ccc(C(=O)NCc2c(C)noc2C)o1. The van der Waals surface area contributed by atoms with Crippen LogP contribution in [0.4, 0.5) is 0 Å². The molecule has 0 aromatic carbocycles. The van der Waals surface area contributed by atoms with Crippen molar-refractivity contribution >= 4 is 5.91 Å². The lowest BCUT2D eigenvalue weighted by atomic mass is 10.2. The summed E-state index contributed by atoms with van der Waals surface area (Å²) in [5.74, 6) is 0.902. The lowest BCUT2D eigenvalue weighted by Gasteiger charge is -2.02. The molecule has 0 unspecified atom stereocenters. The van der Waals surface area contributed by atoms with Gasteiger partial charge in [0.15, 0.2) is 5.76 Å². The van der Waals surface area contributed by atoms with E-state index >= 15 is 0 Å². The van der Waals surface area contributed by atoms with Gasteiger partial charge in [0.25, 0.3) is 11.9 Å². The van der Waals surface area contributed by atoms with Gasteiger partial charge in [-0.3, -0.25) is 4.79 Å². The van der Waals surface area contributed by atoms with Gasteiger partial charge in [-0.05, 0) is 19.9 Å². The Morgan fingerprint density at radius 2 is 2.22 bits per heavy atom. The third-order valence-corrected chi connectivity index (χ3v) is 2.61. The average molecular weight is 250 g/mol. The molecule has 0 saturated carbocycles. The van der Waals surface area contributed by atoms with E-state index < -0.39 is 0 Å². The largest absolute Gasteiger partial charge is 0.468 e. The van der Waals surface area contributed by atoms with Crippen molar-refractivity contribution in [2.45, 2.75) is 20.4 Å². The fraction of sp³-hybridized carbons (Fsp3) is 0.333. The van der Waals surface area contributed by atoms with Crippen LogP contribution in [-0.4, -0.2) is 18.2 Å². The van der Waals surface area contributed by atoms with Gasteiger partial charge in [-0.25, -0.2) is 0 Å². The maximum Gasteiger partial charge on any atom is 0.287 e. The fourth-order valence-electron chi connectivity index (χ4n) is 1.56. The topological polar surface area (TPSA) is 77.5 Å². The Kier molecular flexibility index (Phi) is 3.36. The first-order chi connectivity index (χ1) is 8.61. The van der Waals surface area contributed by atoms with Gasteiger partial charge in [0.2, 0.25) is 0 Å². The highest BCUT2D eigenvalue weighted by Gasteiger charge is 2.14. The fourth-order valence-corrected chi connectivity index (χ4v) is 1.56. The summed E-state index contributed by atoms with van der Waals surface area (Å²) in [7, 11) is 1.48.